The molecule has 5 heteroatoms. The zero-order chi connectivity index (χ0) is 19.8. The summed E-state index contributed by atoms with van der Waals surface area (Å²) in [6, 6.07) is 14.3. The summed E-state index contributed by atoms with van der Waals surface area (Å²) >= 11 is 4.91. The monoisotopic (exact) mass is 380 g/mol. The van der Waals surface area contributed by atoms with Gasteiger partial charge in [-0.1, -0.05) is 55.9 Å². The van der Waals surface area contributed by atoms with Gasteiger partial charge in [-0.25, -0.2) is 0 Å². The van der Waals surface area contributed by atoms with Crippen LogP contribution in [0.15, 0.2) is 48.7 Å². The van der Waals surface area contributed by atoms with Crippen molar-refractivity contribution in [3.05, 3.63) is 65.4 Å². The van der Waals surface area contributed by atoms with Gasteiger partial charge in [-0.2, -0.15) is 0 Å². The zero-order valence-electron chi connectivity index (χ0n) is 16.5. The third-order valence-corrected chi connectivity index (χ3v) is 4.54. The molecule has 0 aliphatic carbocycles. The van der Waals surface area contributed by atoms with Crippen molar-refractivity contribution in [2.45, 2.75) is 27.2 Å². The smallest absolute Gasteiger partial charge is 0.129 e. The molecule has 0 unspecified atom stereocenters. The number of aromatic nitrogens is 1. The topological polar surface area (TPSA) is 54.9 Å². The number of aryl methyl sites for hydroxylation is 1. The van der Waals surface area contributed by atoms with Crippen LogP contribution in [-0.4, -0.2) is 34.8 Å². The summed E-state index contributed by atoms with van der Waals surface area (Å²) in [6.07, 6.45) is 2.94. The van der Waals surface area contributed by atoms with Gasteiger partial charge in [0.1, 0.15) is 5.84 Å². The van der Waals surface area contributed by atoms with Crippen molar-refractivity contribution in [2.75, 3.05) is 18.9 Å². The van der Waals surface area contributed by atoms with Gasteiger partial charge in [-0.05, 0) is 37.1 Å². The molecule has 0 bridgehead atoms. The highest BCUT2D eigenvalue weighted by molar-refractivity contribution is 7.79. The molecule has 0 saturated carbocycles. The Morgan fingerprint density at radius 1 is 1.22 bits per heavy atom. The molecule has 1 heterocycles. The SMILES string of the molecule is CC.Cc1ccc(NC=S)c(C(=N)N(C)CCc2c[nH]c3ccccc23)c1. The van der Waals surface area contributed by atoms with Crippen LogP contribution in [0.5, 0.6) is 0 Å². The van der Waals surface area contributed by atoms with Crippen molar-refractivity contribution in [2.24, 2.45) is 0 Å². The molecule has 0 saturated heterocycles. The highest BCUT2D eigenvalue weighted by Crippen LogP contribution is 2.21. The van der Waals surface area contributed by atoms with Crippen LogP contribution in [0.4, 0.5) is 5.69 Å². The maximum absolute atomic E-state index is 8.57. The van der Waals surface area contributed by atoms with Gasteiger partial charge in [0, 0.05) is 41.9 Å². The first kappa shape index (κ1) is 20.6. The summed E-state index contributed by atoms with van der Waals surface area (Å²) in [7, 11) is 1.96. The van der Waals surface area contributed by atoms with Crippen LogP contribution < -0.4 is 5.32 Å². The van der Waals surface area contributed by atoms with Crippen LogP contribution in [0.25, 0.3) is 10.9 Å². The number of aromatic amines is 1. The van der Waals surface area contributed by atoms with Crippen LogP contribution >= 0.6 is 12.2 Å². The summed E-state index contributed by atoms with van der Waals surface area (Å²) in [4.78, 5) is 5.29. The molecule has 2 aromatic carbocycles. The largest absolute Gasteiger partial charge is 0.361 e. The molecule has 1 aromatic heterocycles. The van der Waals surface area contributed by atoms with Crippen molar-refractivity contribution in [3.8, 4) is 0 Å². The normalized spacial score (nSPS) is 10.1. The molecule has 0 aliphatic rings. The first-order chi connectivity index (χ1) is 13.1. The maximum atomic E-state index is 8.57. The van der Waals surface area contributed by atoms with Gasteiger partial charge < -0.3 is 15.2 Å². The number of thiocarbonyl (C=S) groups is 1. The third-order valence-electron chi connectivity index (χ3n) is 4.42. The quantitative estimate of drug-likeness (QED) is 0.306. The summed E-state index contributed by atoms with van der Waals surface area (Å²) in [5.74, 6) is 0.489. The van der Waals surface area contributed by atoms with Crippen LogP contribution in [-0.2, 0) is 6.42 Å². The standard InChI is InChI=1S/C20H22N4S.C2H6/c1-14-7-8-19(23-13-25)17(11-14)20(21)24(2)10-9-15-12-22-18-6-4-3-5-16(15)18;1-2/h3-8,11-13,21-22H,9-10H2,1-2H3,(H,23,25);1-2H3. The number of nitrogens with one attached hydrogen (secondary N) is 3. The molecule has 142 valence electrons. The molecule has 3 N–H and O–H groups in total. The van der Waals surface area contributed by atoms with Gasteiger partial charge in [0.25, 0.3) is 0 Å². The lowest BCUT2D eigenvalue weighted by Gasteiger charge is -2.22. The minimum atomic E-state index is 0.489. The Balaban J connectivity index is 0.00000126. The Kier molecular flexibility index (Phi) is 7.55. The maximum Gasteiger partial charge on any atom is 0.129 e. The van der Waals surface area contributed by atoms with Crippen LogP contribution in [0.3, 0.4) is 0 Å². The number of benzene rings is 2. The lowest BCUT2D eigenvalue weighted by molar-refractivity contribution is 0.507. The predicted octanol–water partition coefficient (Wildman–Crippen LogP) is 5.37. The summed E-state index contributed by atoms with van der Waals surface area (Å²) in [5.41, 5.74) is 6.76. The molecule has 3 rings (SSSR count). The van der Waals surface area contributed by atoms with E-state index in [0.717, 1.165) is 35.3 Å². The number of anilines is 1. The van der Waals surface area contributed by atoms with Crippen molar-refractivity contribution in [3.63, 3.8) is 0 Å². The average molecular weight is 381 g/mol. The van der Waals surface area contributed by atoms with Crippen LogP contribution in [0.1, 0.15) is 30.5 Å². The predicted molar refractivity (Wildman–Crippen MR) is 121 cm³/mol. The van der Waals surface area contributed by atoms with Crippen LogP contribution in [0.2, 0.25) is 0 Å². The van der Waals surface area contributed by atoms with Gasteiger partial charge in [-0.3, -0.25) is 5.41 Å². The number of likely N-dealkylation sites (N-methyl/N-ethyl adjacent to an activating group) is 1. The van der Waals surface area contributed by atoms with E-state index < -0.39 is 0 Å². The van der Waals surface area contributed by atoms with Crippen molar-refractivity contribution >= 4 is 40.1 Å². The van der Waals surface area contributed by atoms with Gasteiger partial charge in [0.2, 0.25) is 0 Å². The van der Waals surface area contributed by atoms with E-state index in [-0.39, 0.29) is 0 Å². The Morgan fingerprint density at radius 3 is 2.70 bits per heavy atom. The fourth-order valence-electron chi connectivity index (χ4n) is 2.99. The summed E-state index contributed by atoms with van der Waals surface area (Å²) < 4.78 is 0. The summed E-state index contributed by atoms with van der Waals surface area (Å²) in [6.45, 7) is 6.80. The molecular formula is C22H28N4S. The number of amidine groups is 1. The zero-order valence-corrected chi connectivity index (χ0v) is 17.3. The molecule has 0 aliphatic heterocycles. The fraction of sp³-hybridized carbons (Fsp3) is 0.273. The summed E-state index contributed by atoms with van der Waals surface area (Å²) in [5, 5.41) is 12.9. The van der Waals surface area contributed by atoms with E-state index in [1.807, 2.05) is 57.0 Å². The molecular weight excluding hydrogens is 352 g/mol. The Hall–Kier alpha value is -2.66. The molecule has 0 spiro atoms. The van der Waals surface area contributed by atoms with E-state index >= 15 is 0 Å². The highest BCUT2D eigenvalue weighted by Gasteiger charge is 2.13. The minimum Gasteiger partial charge on any atom is -0.361 e. The first-order valence-electron chi connectivity index (χ1n) is 9.26. The second kappa shape index (κ2) is 9.88. The van der Waals surface area contributed by atoms with Crippen molar-refractivity contribution < 1.29 is 0 Å². The van der Waals surface area contributed by atoms with Crippen LogP contribution in [0, 0.1) is 12.3 Å². The Labute approximate surface area is 167 Å². The van der Waals surface area contributed by atoms with E-state index in [1.165, 1.54) is 16.4 Å². The Morgan fingerprint density at radius 2 is 1.96 bits per heavy atom. The minimum absolute atomic E-state index is 0.489. The lowest BCUT2D eigenvalue weighted by atomic mass is 10.1. The number of hydrogen-bond acceptors (Lipinski definition) is 2. The number of rotatable bonds is 6. The fourth-order valence-corrected chi connectivity index (χ4v) is 3.11. The van der Waals surface area contributed by atoms with E-state index in [9.17, 15) is 0 Å². The number of H-pyrrole nitrogens is 1. The number of fused-ring (bicyclic) bond motifs is 1. The van der Waals surface area contributed by atoms with Gasteiger partial charge >= 0.3 is 0 Å². The molecule has 27 heavy (non-hydrogen) atoms. The lowest BCUT2D eigenvalue weighted by Crippen LogP contribution is -2.29. The van der Waals surface area contributed by atoms with E-state index in [1.54, 1.807) is 0 Å². The van der Waals surface area contributed by atoms with E-state index in [4.69, 9.17) is 17.6 Å². The first-order valence-corrected chi connectivity index (χ1v) is 9.73. The number of nitrogens with zero attached hydrogens (tertiary/aromatic N) is 1. The number of hydrogen-bond donors (Lipinski definition) is 3. The molecule has 0 amide bonds. The molecule has 3 aromatic rings. The Bertz CT molecular complexity index is 914. The van der Waals surface area contributed by atoms with E-state index in [0.29, 0.717) is 5.84 Å². The van der Waals surface area contributed by atoms with Crippen molar-refractivity contribution in [1.29, 1.82) is 5.41 Å². The second-order valence-corrected chi connectivity index (χ2v) is 6.43. The van der Waals surface area contributed by atoms with Gasteiger partial charge in [-0.15, -0.1) is 0 Å². The van der Waals surface area contributed by atoms with Crippen molar-refractivity contribution in [1.82, 2.24) is 9.88 Å². The molecule has 0 atom stereocenters. The van der Waals surface area contributed by atoms with Gasteiger partial charge in [0.05, 0.1) is 5.49 Å². The average Bonchev–Trinajstić information content (AvgIpc) is 3.12. The molecule has 4 nitrogen and oxygen atoms in total. The molecule has 0 radical (unpaired) electrons. The molecule has 0 fully saturated rings. The third kappa shape index (κ3) is 4.95. The second-order valence-electron chi connectivity index (χ2n) is 6.19. The number of para-hydroxylation sites is 1. The van der Waals surface area contributed by atoms with Gasteiger partial charge in [0.15, 0.2) is 0 Å². The highest BCUT2D eigenvalue weighted by atomic mass is 32.1. The van der Waals surface area contributed by atoms with E-state index in [2.05, 4.69) is 34.7 Å².